The number of fused-ring (bicyclic) bond motifs is 1. The molecule has 10 nitrogen and oxygen atoms in total. The van der Waals surface area contributed by atoms with Crippen molar-refractivity contribution < 1.29 is 19.1 Å². The van der Waals surface area contributed by atoms with Gasteiger partial charge in [0.2, 0.25) is 11.8 Å². The number of rotatable bonds is 6. The van der Waals surface area contributed by atoms with E-state index in [-0.39, 0.29) is 69.6 Å². The SMILES string of the molecule is COC1CCC(Cl)NC1C(=O)N1CC2NC(NC(=O)C3CNC(C)CC3C3CC(Cl)NCC3OC)SC2C1. The summed E-state index contributed by atoms with van der Waals surface area (Å²) in [5.74, 6) is 0.375. The van der Waals surface area contributed by atoms with Crippen LogP contribution in [0.4, 0.5) is 0 Å². The monoisotopic (exact) mass is 592 g/mol. The number of carbonyl (C=O) groups is 2. The van der Waals surface area contributed by atoms with E-state index in [1.54, 1.807) is 26.0 Å². The molecule has 0 bridgehead atoms. The highest BCUT2D eigenvalue weighted by Crippen LogP contribution is 2.38. The van der Waals surface area contributed by atoms with Crippen LogP contribution in [0.3, 0.4) is 0 Å². The highest BCUT2D eigenvalue weighted by molar-refractivity contribution is 8.00. The van der Waals surface area contributed by atoms with Crippen LogP contribution in [0.25, 0.3) is 0 Å². The minimum Gasteiger partial charge on any atom is -0.380 e. The fourth-order valence-electron chi connectivity index (χ4n) is 6.99. The number of hydrogen-bond donors (Lipinski definition) is 5. The van der Waals surface area contributed by atoms with Gasteiger partial charge in [0.25, 0.3) is 0 Å². The van der Waals surface area contributed by atoms with Crippen LogP contribution >= 0.6 is 35.0 Å². The van der Waals surface area contributed by atoms with Crippen LogP contribution in [-0.4, -0.2) is 109 Å². The third kappa shape index (κ3) is 6.26. The maximum Gasteiger partial charge on any atom is 0.242 e. The van der Waals surface area contributed by atoms with Crippen LogP contribution in [0.1, 0.15) is 32.6 Å². The first-order valence-electron chi connectivity index (χ1n) is 13.8. The summed E-state index contributed by atoms with van der Waals surface area (Å²) in [6, 6.07) is 0.0509. The molecule has 0 aromatic heterocycles. The van der Waals surface area contributed by atoms with Crippen LogP contribution in [0.5, 0.6) is 0 Å². The Kier molecular flexibility index (Phi) is 9.70. The average molecular weight is 594 g/mol. The maximum absolute atomic E-state index is 13.6. The average Bonchev–Trinajstić information content (AvgIpc) is 3.47. The van der Waals surface area contributed by atoms with Crippen LogP contribution in [0, 0.1) is 17.8 Å². The third-order valence-electron chi connectivity index (χ3n) is 9.05. The number of alkyl halides is 2. The van der Waals surface area contributed by atoms with E-state index in [1.165, 1.54) is 0 Å². The van der Waals surface area contributed by atoms with Gasteiger partial charge in [0.15, 0.2) is 0 Å². The normalized spacial score (nSPS) is 45.6. The zero-order valence-corrected chi connectivity index (χ0v) is 24.7. The van der Waals surface area contributed by atoms with Crippen molar-refractivity contribution in [1.29, 1.82) is 0 Å². The smallest absolute Gasteiger partial charge is 0.242 e. The number of amides is 2. The second-order valence-electron chi connectivity index (χ2n) is 11.4. The van der Waals surface area contributed by atoms with Crippen LogP contribution < -0.4 is 26.6 Å². The third-order valence-corrected chi connectivity index (χ3v) is 11.1. The van der Waals surface area contributed by atoms with E-state index in [9.17, 15) is 9.59 Å². The molecule has 0 aromatic rings. The summed E-state index contributed by atoms with van der Waals surface area (Å²) in [6.45, 7) is 4.77. The highest BCUT2D eigenvalue weighted by atomic mass is 35.5. The molecule has 0 saturated carbocycles. The molecule has 5 aliphatic heterocycles. The lowest BCUT2D eigenvalue weighted by Gasteiger charge is -2.45. The van der Waals surface area contributed by atoms with Crippen LogP contribution in [-0.2, 0) is 19.1 Å². The second kappa shape index (κ2) is 12.7. The quantitative estimate of drug-likeness (QED) is 0.221. The van der Waals surface area contributed by atoms with E-state index in [1.807, 2.05) is 4.90 Å². The van der Waals surface area contributed by atoms with Crippen molar-refractivity contribution in [2.45, 2.75) is 84.7 Å². The minimum absolute atomic E-state index is 0.0390. The Morgan fingerprint density at radius 3 is 2.47 bits per heavy atom. The summed E-state index contributed by atoms with van der Waals surface area (Å²) >= 11 is 14.5. The van der Waals surface area contributed by atoms with Crippen molar-refractivity contribution in [2.24, 2.45) is 17.8 Å². The number of thioether (sulfide) groups is 1. The number of nitrogens with zero attached hydrogens (tertiary/aromatic N) is 1. The summed E-state index contributed by atoms with van der Waals surface area (Å²) in [6.07, 6.45) is 3.12. The minimum atomic E-state index is -0.424. The zero-order chi connectivity index (χ0) is 27.0. The Labute approximate surface area is 239 Å². The van der Waals surface area contributed by atoms with Gasteiger partial charge in [-0.15, -0.1) is 35.0 Å². The Balaban J connectivity index is 1.17. The second-order valence-corrected chi connectivity index (χ2v) is 13.8. The summed E-state index contributed by atoms with van der Waals surface area (Å²) < 4.78 is 11.4. The Bertz CT molecular complexity index is 849. The topological polar surface area (TPSA) is 116 Å². The van der Waals surface area contributed by atoms with Gasteiger partial charge in [0, 0.05) is 57.7 Å². The number of halogens is 2. The Hall–Kier alpha value is -0.370. The predicted molar refractivity (Wildman–Crippen MR) is 149 cm³/mol. The zero-order valence-electron chi connectivity index (χ0n) is 22.3. The molecule has 0 aliphatic carbocycles. The molecule has 2 amide bonds. The fraction of sp³-hybridized carbons (Fsp3) is 0.920. The molecule has 5 aliphatic rings. The van der Waals surface area contributed by atoms with Crippen molar-refractivity contribution in [3.63, 3.8) is 0 Å². The molecule has 0 spiro atoms. The van der Waals surface area contributed by atoms with Gasteiger partial charge in [-0.3, -0.25) is 25.5 Å². The first-order valence-corrected chi connectivity index (χ1v) is 15.7. The lowest BCUT2D eigenvalue weighted by Crippen LogP contribution is -2.58. The molecule has 5 rings (SSSR count). The molecule has 216 valence electrons. The molecular formula is C25H42Cl2N6O4S. The summed E-state index contributed by atoms with van der Waals surface area (Å²) in [4.78, 5) is 28.8. The predicted octanol–water partition coefficient (Wildman–Crippen LogP) is 0.438. The highest BCUT2D eigenvalue weighted by Gasteiger charge is 2.48. The van der Waals surface area contributed by atoms with E-state index in [4.69, 9.17) is 32.7 Å². The van der Waals surface area contributed by atoms with Crippen LogP contribution in [0.2, 0.25) is 0 Å². The molecule has 5 fully saturated rings. The van der Waals surface area contributed by atoms with Crippen molar-refractivity contribution in [3.8, 4) is 0 Å². The van der Waals surface area contributed by atoms with E-state index in [0.29, 0.717) is 32.2 Å². The van der Waals surface area contributed by atoms with Gasteiger partial charge in [-0.2, -0.15) is 0 Å². The molecule has 0 radical (unpaired) electrons. The maximum atomic E-state index is 13.6. The molecule has 5 heterocycles. The summed E-state index contributed by atoms with van der Waals surface area (Å²) in [7, 11) is 3.39. The van der Waals surface area contributed by atoms with Gasteiger partial charge in [-0.05, 0) is 44.4 Å². The summed E-state index contributed by atoms with van der Waals surface area (Å²) in [5.41, 5.74) is -0.491. The van der Waals surface area contributed by atoms with Crippen molar-refractivity contribution in [3.05, 3.63) is 0 Å². The molecule has 5 saturated heterocycles. The van der Waals surface area contributed by atoms with Crippen LogP contribution in [0.15, 0.2) is 0 Å². The van der Waals surface area contributed by atoms with E-state index in [2.05, 4.69) is 33.5 Å². The summed E-state index contributed by atoms with van der Waals surface area (Å²) in [5, 5.41) is 17.1. The molecular weight excluding hydrogens is 551 g/mol. The van der Waals surface area contributed by atoms with Gasteiger partial charge in [-0.1, -0.05) is 0 Å². The number of methoxy groups -OCH3 is 2. The van der Waals surface area contributed by atoms with E-state index < -0.39 is 6.04 Å². The van der Waals surface area contributed by atoms with Gasteiger partial charge >= 0.3 is 0 Å². The molecule has 13 heteroatoms. The molecule has 12 atom stereocenters. The van der Waals surface area contributed by atoms with E-state index in [0.717, 1.165) is 25.7 Å². The number of likely N-dealkylation sites (tertiary alicyclic amines) is 1. The van der Waals surface area contributed by atoms with Gasteiger partial charge < -0.3 is 25.0 Å². The lowest BCUT2D eigenvalue weighted by molar-refractivity contribution is -0.137. The number of nitrogens with one attached hydrogen (secondary N) is 5. The Morgan fingerprint density at radius 1 is 0.947 bits per heavy atom. The Morgan fingerprint density at radius 2 is 1.74 bits per heavy atom. The van der Waals surface area contributed by atoms with Gasteiger partial charge in [0.1, 0.15) is 11.5 Å². The van der Waals surface area contributed by atoms with E-state index >= 15 is 0 Å². The largest absolute Gasteiger partial charge is 0.380 e. The number of carbonyl (C=O) groups excluding carboxylic acids is 2. The lowest BCUT2D eigenvalue weighted by atomic mass is 9.70. The van der Waals surface area contributed by atoms with Crippen molar-refractivity contribution in [2.75, 3.05) is 40.4 Å². The van der Waals surface area contributed by atoms with Gasteiger partial charge in [0.05, 0.1) is 29.1 Å². The first-order chi connectivity index (χ1) is 18.3. The van der Waals surface area contributed by atoms with Gasteiger partial charge in [-0.25, -0.2) is 0 Å². The molecule has 38 heavy (non-hydrogen) atoms. The van der Waals surface area contributed by atoms with Crippen molar-refractivity contribution >= 4 is 46.8 Å². The standard InChI is InChI=1S/C25H42Cl2N6O4S/c1-12-6-13(14-7-21(27)29-9-18(14)37-3)15(8-28-12)23(34)32-25-30-16-10-33(11-19(16)38-25)24(35)22-17(36-2)4-5-20(26)31-22/h12-22,25,28-31H,4-11H2,1-3H3,(H,32,34). The number of piperidine rings is 3. The molecule has 12 unspecified atom stereocenters. The number of ether oxygens (including phenoxy) is 2. The molecule has 0 aromatic carbocycles. The first kappa shape index (κ1) is 29.1. The fourth-order valence-corrected chi connectivity index (χ4v) is 8.95. The van der Waals surface area contributed by atoms with Crippen molar-refractivity contribution in [1.82, 2.24) is 31.5 Å². The molecule has 5 N–H and O–H groups in total. The number of hydrogen-bond acceptors (Lipinski definition) is 9.